The van der Waals surface area contributed by atoms with Crippen LogP contribution < -0.4 is 9.47 Å². The number of carbonyl (C=O) groups is 2. The predicted octanol–water partition coefficient (Wildman–Crippen LogP) is 3.75. The molecule has 0 bridgehead atoms. The summed E-state index contributed by atoms with van der Waals surface area (Å²) in [6.07, 6.45) is 1.23. The van der Waals surface area contributed by atoms with Gasteiger partial charge in [0, 0.05) is 42.4 Å². The molecule has 4 rings (SSSR count). The van der Waals surface area contributed by atoms with Gasteiger partial charge in [0.2, 0.25) is 5.88 Å². The van der Waals surface area contributed by atoms with Gasteiger partial charge in [0.25, 0.3) is 11.8 Å². The molecule has 8 heteroatoms. The summed E-state index contributed by atoms with van der Waals surface area (Å²) >= 11 is 0. The van der Waals surface area contributed by atoms with Crippen LogP contribution in [0.25, 0.3) is 11.1 Å². The number of methoxy groups -OCH3 is 1. The van der Waals surface area contributed by atoms with E-state index < -0.39 is 12.1 Å². The number of aliphatic hydroxyl groups excluding tert-OH is 1. The second-order valence-corrected chi connectivity index (χ2v) is 9.45. The summed E-state index contributed by atoms with van der Waals surface area (Å²) in [4.78, 5) is 34.5. The second-order valence-electron chi connectivity index (χ2n) is 9.45. The molecule has 2 aromatic carbocycles. The third-order valence-electron chi connectivity index (χ3n) is 6.76. The third kappa shape index (κ3) is 5.59. The number of hydrogen-bond donors (Lipinski definition) is 1. The zero-order valence-corrected chi connectivity index (χ0v) is 21.6. The normalized spacial score (nSPS) is 18.2. The summed E-state index contributed by atoms with van der Waals surface area (Å²) in [6.45, 7) is 4.27. The summed E-state index contributed by atoms with van der Waals surface area (Å²) in [6, 6.07) is 18.0. The van der Waals surface area contributed by atoms with Crippen LogP contribution in [0.2, 0.25) is 0 Å². The molecule has 8 nitrogen and oxygen atoms in total. The Hall–Kier alpha value is -3.91. The number of amides is 2. The number of likely N-dealkylation sites (N-methyl/N-ethyl adjacent to an activating group) is 1. The monoisotopic (exact) mass is 503 g/mol. The predicted molar refractivity (Wildman–Crippen MR) is 141 cm³/mol. The van der Waals surface area contributed by atoms with Crippen LogP contribution in [0.3, 0.4) is 0 Å². The van der Waals surface area contributed by atoms with Crippen molar-refractivity contribution < 1.29 is 24.2 Å². The maximum absolute atomic E-state index is 13.7. The molecule has 3 aromatic rings. The van der Waals surface area contributed by atoms with Crippen LogP contribution in [0.1, 0.15) is 34.6 Å². The van der Waals surface area contributed by atoms with E-state index in [9.17, 15) is 14.7 Å². The number of ether oxygens (including phenoxy) is 2. The Bertz CT molecular complexity index is 1250. The molecule has 0 radical (unpaired) electrons. The lowest BCUT2D eigenvalue weighted by molar-refractivity contribution is 0.0313. The van der Waals surface area contributed by atoms with E-state index in [0.717, 1.165) is 5.56 Å². The first-order valence-electron chi connectivity index (χ1n) is 12.4. The van der Waals surface area contributed by atoms with Crippen LogP contribution in [-0.2, 0) is 0 Å². The summed E-state index contributed by atoms with van der Waals surface area (Å²) < 4.78 is 11.8. The van der Waals surface area contributed by atoms with Crippen LogP contribution in [0.15, 0.2) is 66.9 Å². The molecule has 3 atom stereocenters. The molecule has 1 aliphatic heterocycles. The molecule has 0 fully saturated rings. The largest absolute Gasteiger partial charge is 0.496 e. The number of hydrogen-bond acceptors (Lipinski definition) is 6. The van der Waals surface area contributed by atoms with Gasteiger partial charge in [0.1, 0.15) is 17.4 Å². The van der Waals surface area contributed by atoms with Crippen molar-refractivity contribution in [1.82, 2.24) is 14.8 Å². The average Bonchev–Trinajstić information content (AvgIpc) is 2.94. The van der Waals surface area contributed by atoms with Gasteiger partial charge in [-0.1, -0.05) is 43.3 Å². The van der Waals surface area contributed by atoms with E-state index in [2.05, 4.69) is 4.98 Å². The van der Waals surface area contributed by atoms with Gasteiger partial charge in [-0.05, 0) is 31.2 Å². The number of benzene rings is 2. The molecule has 0 unspecified atom stereocenters. The number of fused-ring (bicyclic) bond motifs is 1. The van der Waals surface area contributed by atoms with E-state index >= 15 is 0 Å². The fourth-order valence-electron chi connectivity index (χ4n) is 4.50. The van der Waals surface area contributed by atoms with Crippen LogP contribution in [0.4, 0.5) is 0 Å². The molecule has 0 saturated heterocycles. The fourth-order valence-corrected chi connectivity index (χ4v) is 4.50. The number of para-hydroxylation sites is 1. The maximum Gasteiger partial charge on any atom is 0.259 e. The van der Waals surface area contributed by atoms with Crippen molar-refractivity contribution in [2.24, 2.45) is 5.92 Å². The molecule has 1 aromatic heterocycles. The molecule has 1 aliphatic rings. The lowest BCUT2D eigenvalue weighted by Crippen LogP contribution is -2.50. The minimum Gasteiger partial charge on any atom is -0.496 e. The highest BCUT2D eigenvalue weighted by Crippen LogP contribution is 2.34. The van der Waals surface area contributed by atoms with Crippen LogP contribution in [0.5, 0.6) is 11.6 Å². The molecule has 194 valence electrons. The molecule has 0 spiro atoms. The summed E-state index contributed by atoms with van der Waals surface area (Å²) in [5.41, 5.74) is 2.41. The van der Waals surface area contributed by atoms with Crippen molar-refractivity contribution in [3.05, 3.63) is 78.0 Å². The molecule has 0 saturated carbocycles. The van der Waals surface area contributed by atoms with Gasteiger partial charge < -0.3 is 24.4 Å². The first-order chi connectivity index (χ1) is 17.8. The molecule has 2 amide bonds. The quantitative estimate of drug-likeness (QED) is 0.528. The van der Waals surface area contributed by atoms with E-state index in [1.165, 1.54) is 0 Å². The van der Waals surface area contributed by atoms with E-state index in [1.807, 2.05) is 56.3 Å². The number of pyridine rings is 1. The maximum atomic E-state index is 13.7. The second kappa shape index (κ2) is 11.4. The lowest BCUT2D eigenvalue weighted by atomic mass is 9.98. The smallest absolute Gasteiger partial charge is 0.259 e. The summed E-state index contributed by atoms with van der Waals surface area (Å²) in [7, 11) is 3.33. The molecule has 0 aliphatic carbocycles. The molecular formula is C29H33N3O5. The SMILES string of the molecule is COc1ccccc1-c1cnc2c(c1)C(=O)N([C@H](C)CO)C[C@@H](C)[C@@H](CN(C)C(=O)c1ccccc1)O2. The zero-order chi connectivity index (χ0) is 26.5. The number of carbonyl (C=O) groups excluding carboxylic acids is 2. The topological polar surface area (TPSA) is 92.2 Å². The summed E-state index contributed by atoms with van der Waals surface area (Å²) in [5, 5.41) is 9.90. The van der Waals surface area contributed by atoms with Crippen molar-refractivity contribution in [1.29, 1.82) is 0 Å². The van der Waals surface area contributed by atoms with Gasteiger partial charge in [-0.15, -0.1) is 0 Å². The van der Waals surface area contributed by atoms with Crippen molar-refractivity contribution in [3.8, 4) is 22.8 Å². The molecule has 37 heavy (non-hydrogen) atoms. The first kappa shape index (κ1) is 26.2. The van der Waals surface area contributed by atoms with Gasteiger partial charge in [0.05, 0.1) is 26.3 Å². The van der Waals surface area contributed by atoms with Crippen molar-refractivity contribution in [3.63, 3.8) is 0 Å². The Kier molecular flexibility index (Phi) is 8.08. The van der Waals surface area contributed by atoms with Crippen LogP contribution >= 0.6 is 0 Å². The minimum absolute atomic E-state index is 0.116. The Morgan fingerprint density at radius 2 is 1.89 bits per heavy atom. The van der Waals surface area contributed by atoms with Crippen LogP contribution in [0, 0.1) is 5.92 Å². The Balaban J connectivity index is 1.71. The zero-order valence-electron chi connectivity index (χ0n) is 21.6. The molecule has 2 heterocycles. The molecular weight excluding hydrogens is 470 g/mol. The Labute approximate surface area is 217 Å². The minimum atomic E-state index is -0.428. The van der Waals surface area contributed by atoms with Gasteiger partial charge in [-0.25, -0.2) is 4.98 Å². The van der Waals surface area contributed by atoms with Gasteiger partial charge in [0.15, 0.2) is 0 Å². The summed E-state index contributed by atoms with van der Waals surface area (Å²) in [5.74, 6) is 0.356. The first-order valence-corrected chi connectivity index (χ1v) is 12.4. The Morgan fingerprint density at radius 1 is 1.19 bits per heavy atom. The third-order valence-corrected chi connectivity index (χ3v) is 6.76. The van der Waals surface area contributed by atoms with Gasteiger partial charge in [-0.2, -0.15) is 0 Å². The van der Waals surface area contributed by atoms with E-state index in [0.29, 0.717) is 35.5 Å². The standard InChI is InChI=1S/C29H33N3O5/c1-19-16-32(20(2)18-33)29(35)24-14-22(23-12-8-9-13-25(23)36-4)15-30-27(24)37-26(19)17-31(3)28(34)21-10-6-5-7-11-21/h5-15,19-20,26,33H,16-18H2,1-4H3/t19-,20-,26-/m1/s1. The van der Waals surface area contributed by atoms with Crippen LogP contribution in [-0.4, -0.2) is 77.7 Å². The average molecular weight is 504 g/mol. The van der Waals surface area contributed by atoms with E-state index in [-0.39, 0.29) is 30.2 Å². The highest BCUT2D eigenvalue weighted by molar-refractivity contribution is 5.98. The van der Waals surface area contributed by atoms with Crippen molar-refractivity contribution in [2.75, 3.05) is 33.9 Å². The highest BCUT2D eigenvalue weighted by Gasteiger charge is 2.35. The number of aliphatic hydroxyl groups is 1. The van der Waals surface area contributed by atoms with Crippen molar-refractivity contribution >= 4 is 11.8 Å². The van der Waals surface area contributed by atoms with Gasteiger partial charge >= 0.3 is 0 Å². The van der Waals surface area contributed by atoms with Crippen molar-refractivity contribution in [2.45, 2.75) is 26.0 Å². The number of nitrogens with zero attached hydrogens (tertiary/aromatic N) is 3. The fraction of sp³-hybridized carbons (Fsp3) is 0.345. The number of aromatic nitrogens is 1. The van der Waals surface area contributed by atoms with E-state index in [4.69, 9.17) is 9.47 Å². The number of rotatable bonds is 7. The molecule has 1 N–H and O–H groups in total. The Morgan fingerprint density at radius 3 is 2.59 bits per heavy atom. The highest BCUT2D eigenvalue weighted by atomic mass is 16.5. The lowest BCUT2D eigenvalue weighted by Gasteiger charge is -2.37. The van der Waals surface area contributed by atoms with E-state index in [1.54, 1.807) is 48.4 Å². The van der Waals surface area contributed by atoms with Gasteiger partial charge in [-0.3, -0.25) is 9.59 Å².